The summed E-state index contributed by atoms with van der Waals surface area (Å²) in [5.41, 5.74) is 4.85. The van der Waals surface area contributed by atoms with E-state index in [0.717, 1.165) is 39.7 Å². The molecule has 3 heterocycles. The maximum atomic E-state index is 14.2. The number of fused-ring (bicyclic) bond motifs is 5. The van der Waals surface area contributed by atoms with E-state index >= 15 is 0 Å². The Morgan fingerprint density at radius 1 is 1.03 bits per heavy atom. The van der Waals surface area contributed by atoms with Gasteiger partial charge in [-0.1, -0.05) is 78.7 Å². The first kappa shape index (κ1) is 24.1. The zero-order valence-electron chi connectivity index (χ0n) is 20.7. The number of amides is 2. The van der Waals surface area contributed by atoms with Crippen molar-refractivity contribution >= 4 is 45.9 Å². The van der Waals surface area contributed by atoms with Gasteiger partial charge in [0.05, 0.1) is 5.69 Å². The predicted molar refractivity (Wildman–Crippen MR) is 147 cm³/mol. The Kier molecular flexibility index (Phi) is 5.81. The maximum absolute atomic E-state index is 14.2. The van der Waals surface area contributed by atoms with Crippen molar-refractivity contribution in [3.05, 3.63) is 105 Å². The van der Waals surface area contributed by atoms with E-state index in [1.807, 2.05) is 31.2 Å². The lowest BCUT2D eigenvalue weighted by Gasteiger charge is -2.51. The summed E-state index contributed by atoms with van der Waals surface area (Å²) in [6.45, 7) is 4.69. The van der Waals surface area contributed by atoms with E-state index in [9.17, 15) is 9.59 Å². The molecule has 1 N–H and O–H groups in total. The minimum atomic E-state index is -1.15. The summed E-state index contributed by atoms with van der Waals surface area (Å²) in [6, 6.07) is 22.0. The molecular formula is C30H27Cl2N3O2. The van der Waals surface area contributed by atoms with Gasteiger partial charge in [-0.25, -0.2) is 0 Å². The second kappa shape index (κ2) is 8.93. The summed E-state index contributed by atoms with van der Waals surface area (Å²) in [5, 5.41) is 2.09. The highest BCUT2D eigenvalue weighted by atomic mass is 35.5. The fourth-order valence-corrected chi connectivity index (χ4v) is 6.41. The van der Waals surface area contributed by atoms with Crippen LogP contribution in [0.2, 0.25) is 10.0 Å². The first-order valence-electron chi connectivity index (χ1n) is 12.5. The summed E-state index contributed by atoms with van der Waals surface area (Å²) in [5.74, 6) is -0.239. The molecule has 2 atom stereocenters. The third-order valence-electron chi connectivity index (χ3n) is 7.98. The number of hydrogen-bond donors (Lipinski definition) is 1. The van der Waals surface area contributed by atoms with Gasteiger partial charge in [0, 0.05) is 40.0 Å². The van der Waals surface area contributed by atoms with Gasteiger partial charge in [-0.05, 0) is 53.8 Å². The third kappa shape index (κ3) is 3.75. The number of aromatic nitrogens is 1. The summed E-state index contributed by atoms with van der Waals surface area (Å²) in [7, 11) is 0. The molecule has 3 aromatic carbocycles. The SMILES string of the molecule is CCc1ccc(C2CN3C(=O)CN(Cc4ccc(Cl)cc4Cl)C(=O)C3(C)c3[nH]c4ccccc4c32)cc1. The lowest BCUT2D eigenvalue weighted by atomic mass is 9.76. The molecule has 1 fully saturated rings. The number of benzene rings is 3. The Bertz CT molecular complexity index is 1540. The lowest BCUT2D eigenvalue weighted by molar-refractivity contribution is -0.166. The zero-order valence-corrected chi connectivity index (χ0v) is 22.2. The molecule has 2 aliphatic rings. The van der Waals surface area contributed by atoms with Crippen LogP contribution in [0.4, 0.5) is 0 Å². The number of hydrogen-bond acceptors (Lipinski definition) is 2. The minimum Gasteiger partial charge on any atom is -0.356 e. The quantitative estimate of drug-likeness (QED) is 0.337. The number of carbonyl (C=O) groups excluding carboxylic acids is 2. The van der Waals surface area contributed by atoms with E-state index in [-0.39, 0.29) is 30.8 Å². The molecule has 1 saturated heterocycles. The Morgan fingerprint density at radius 2 is 1.78 bits per heavy atom. The molecule has 188 valence electrons. The molecule has 2 amide bonds. The first-order valence-corrected chi connectivity index (χ1v) is 13.3. The van der Waals surface area contributed by atoms with Crippen molar-refractivity contribution in [1.29, 1.82) is 0 Å². The molecule has 0 bridgehead atoms. The highest BCUT2D eigenvalue weighted by Gasteiger charge is 2.56. The molecule has 1 aromatic heterocycles. The van der Waals surface area contributed by atoms with E-state index in [1.54, 1.807) is 21.9 Å². The average molecular weight is 532 g/mol. The van der Waals surface area contributed by atoms with Gasteiger partial charge in [0.15, 0.2) is 5.54 Å². The van der Waals surface area contributed by atoms with E-state index < -0.39 is 5.54 Å². The monoisotopic (exact) mass is 531 g/mol. The van der Waals surface area contributed by atoms with Crippen LogP contribution in [0.25, 0.3) is 10.9 Å². The van der Waals surface area contributed by atoms with Gasteiger partial charge in [0.2, 0.25) is 5.91 Å². The van der Waals surface area contributed by atoms with Crippen LogP contribution in [0.3, 0.4) is 0 Å². The second-order valence-electron chi connectivity index (χ2n) is 10.1. The van der Waals surface area contributed by atoms with Gasteiger partial charge < -0.3 is 14.8 Å². The molecule has 37 heavy (non-hydrogen) atoms. The van der Waals surface area contributed by atoms with Gasteiger partial charge in [-0.15, -0.1) is 0 Å². The van der Waals surface area contributed by atoms with Crippen LogP contribution in [0.1, 0.15) is 47.7 Å². The minimum absolute atomic E-state index is 0.00440. The van der Waals surface area contributed by atoms with E-state index in [0.29, 0.717) is 16.6 Å². The summed E-state index contributed by atoms with van der Waals surface area (Å²) >= 11 is 12.5. The molecular weight excluding hydrogens is 505 g/mol. The molecule has 2 unspecified atom stereocenters. The molecule has 2 aliphatic heterocycles. The lowest BCUT2D eigenvalue weighted by Crippen LogP contribution is -2.67. The van der Waals surface area contributed by atoms with Crippen LogP contribution >= 0.6 is 23.2 Å². The standard InChI is InChI=1S/C30H27Cl2N3O2/c1-3-18-8-10-19(11-9-18)23-16-35-26(36)17-34(15-20-12-13-21(31)14-24(20)32)29(37)30(35,2)28-27(23)22-6-4-5-7-25(22)33-28/h4-14,23,33H,3,15-17H2,1-2H3. The first-order chi connectivity index (χ1) is 17.8. The molecule has 4 aromatic rings. The summed E-state index contributed by atoms with van der Waals surface area (Å²) < 4.78 is 0. The second-order valence-corrected chi connectivity index (χ2v) is 10.9. The average Bonchev–Trinajstić information content (AvgIpc) is 3.30. The van der Waals surface area contributed by atoms with Gasteiger partial charge >= 0.3 is 0 Å². The fraction of sp³-hybridized carbons (Fsp3) is 0.267. The van der Waals surface area contributed by atoms with E-state index in [1.165, 1.54) is 5.56 Å². The van der Waals surface area contributed by atoms with Gasteiger partial charge in [0.1, 0.15) is 6.54 Å². The number of aromatic amines is 1. The van der Waals surface area contributed by atoms with Crippen molar-refractivity contribution in [2.45, 2.75) is 38.3 Å². The molecule has 0 aliphatic carbocycles. The smallest absolute Gasteiger partial charge is 0.255 e. The Balaban J connectivity index is 1.48. The van der Waals surface area contributed by atoms with Gasteiger partial charge in [-0.2, -0.15) is 0 Å². The summed E-state index contributed by atoms with van der Waals surface area (Å²) in [4.78, 5) is 34.8. The van der Waals surface area contributed by atoms with Gasteiger partial charge in [-0.3, -0.25) is 9.59 Å². The highest BCUT2D eigenvalue weighted by molar-refractivity contribution is 6.35. The van der Waals surface area contributed by atoms with Crippen LogP contribution in [0, 0.1) is 0 Å². The largest absolute Gasteiger partial charge is 0.356 e. The van der Waals surface area contributed by atoms with Crippen molar-refractivity contribution in [2.24, 2.45) is 0 Å². The van der Waals surface area contributed by atoms with Crippen LogP contribution in [-0.4, -0.2) is 39.7 Å². The molecule has 0 radical (unpaired) electrons. The van der Waals surface area contributed by atoms with E-state index in [2.05, 4.69) is 42.2 Å². The van der Waals surface area contributed by atoms with Crippen LogP contribution in [0.5, 0.6) is 0 Å². The zero-order chi connectivity index (χ0) is 25.9. The van der Waals surface area contributed by atoms with E-state index in [4.69, 9.17) is 23.2 Å². The topological polar surface area (TPSA) is 56.4 Å². The number of nitrogens with zero attached hydrogens (tertiary/aromatic N) is 2. The fourth-order valence-electron chi connectivity index (χ4n) is 5.94. The number of halogens is 2. The molecule has 0 spiro atoms. The molecule has 7 heteroatoms. The number of para-hydroxylation sites is 1. The molecule has 0 saturated carbocycles. The number of aryl methyl sites for hydroxylation is 1. The number of nitrogens with one attached hydrogen (secondary N) is 1. The normalized spacial score (nSPS) is 21.4. The number of rotatable bonds is 4. The van der Waals surface area contributed by atoms with Gasteiger partial charge in [0.25, 0.3) is 5.91 Å². The number of carbonyl (C=O) groups is 2. The molecule has 6 rings (SSSR count). The molecule has 5 nitrogen and oxygen atoms in total. The Morgan fingerprint density at radius 3 is 2.51 bits per heavy atom. The van der Waals surface area contributed by atoms with Crippen LogP contribution in [-0.2, 0) is 28.1 Å². The predicted octanol–water partition coefficient (Wildman–Crippen LogP) is 6.27. The third-order valence-corrected chi connectivity index (χ3v) is 8.57. The Hall–Kier alpha value is -3.28. The number of H-pyrrole nitrogens is 1. The van der Waals surface area contributed by atoms with Crippen molar-refractivity contribution in [1.82, 2.24) is 14.8 Å². The summed E-state index contributed by atoms with van der Waals surface area (Å²) in [6.07, 6.45) is 0.966. The van der Waals surface area contributed by atoms with Crippen molar-refractivity contribution < 1.29 is 9.59 Å². The van der Waals surface area contributed by atoms with Crippen LogP contribution < -0.4 is 0 Å². The highest BCUT2D eigenvalue weighted by Crippen LogP contribution is 2.48. The van der Waals surface area contributed by atoms with Crippen molar-refractivity contribution in [2.75, 3.05) is 13.1 Å². The van der Waals surface area contributed by atoms with Crippen LogP contribution in [0.15, 0.2) is 66.7 Å². The maximum Gasteiger partial charge on any atom is 0.255 e. The van der Waals surface area contributed by atoms with Crippen molar-refractivity contribution in [3.8, 4) is 0 Å². The Labute approximate surface area is 226 Å². The number of piperazine rings is 1. The van der Waals surface area contributed by atoms with Crippen molar-refractivity contribution in [3.63, 3.8) is 0 Å².